The fraction of sp³-hybridized carbons (Fsp3) is 0.778. The van der Waals surface area contributed by atoms with Crippen LogP contribution < -0.4 is 10.6 Å². The number of amides is 2. The molecule has 2 rings (SSSR count). The van der Waals surface area contributed by atoms with E-state index in [0.717, 1.165) is 22.8 Å². The molecule has 3 N–H and O–H groups in total. The minimum atomic E-state index is -1.51. The summed E-state index contributed by atoms with van der Waals surface area (Å²) >= 11 is 0.379. The van der Waals surface area contributed by atoms with Crippen molar-refractivity contribution in [1.82, 2.24) is 10.6 Å². The molecular formula is C9H15InN2O3S. The molecule has 2 aliphatic rings. The molecule has 0 radical (unpaired) electrons. The van der Waals surface area contributed by atoms with E-state index in [1.54, 1.807) is 0 Å². The second kappa shape index (κ2) is 5.53. The Morgan fingerprint density at radius 3 is 3.12 bits per heavy atom. The normalized spacial score (nSPS) is 31.8. The van der Waals surface area contributed by atoms with E-state index in [1.165, 1.54) is 0 Å². The molecule has 16 heavy (non-hydrogen) atoms. The van der Waals surface area contributed by atoms with Gasteiger partial charge in [-0.05, 0) is 0 Å². The van der Waals surface area contributed by atoms with Crippen LogP contribution in [0.25, 0.3) is 0 Å². The molecule has 2 heterocycles. The van der Waals surface area contributed by atoms with Crippen molar-refractivity contribution in [2.24, 2.45) is 0 Å². The van der Waals surface area contributed by atoms with E-state index in [-0.39, 0.29) is 18.1 Å². The molecule has 2 amide bonds. The number of rotatable bonds is 5. The molecule has 88 valence electrons. The van der Waals surface area contributed by atoms with E-state index < -0.39 is 26.6 Å². The summed E-state index contributed by atoms with van der Waals surface area (Å²) in [5, 5.41) is 14.9. The van der Waals surface area contributed by atoms with Crippen LogP contribution in [-0.2, 0) is 0 Å². The van der Waals surface area contributed by atoms with Gasteiger partial charge in [0.1, 0.15) is 0 Å². The van der Waals surface area contributed by atoms with E-state index in [0.29, 0.717) is 5.25 Å². The van der Waals surface area contributed by atoms with E-state index in [2.05, 4.69) is 10.6 Å². The number of hydrogen-bond donors (Lipinski definition) is 3. The number of urea groups is 1. The van der Waals surface area contributed by atoms with Crippen molar-refractivity contribution < 1.29 is 14.7 Å². The summed E-state index contributed by atoms with van der Waals surface area (Å²) in [5.41, 5.74) is 0. The van der Waals surface area contributed by atoms with Crippen LogP contribution in [0.5, 0.6) is 0 Å². The molecule has 2 saturated heterocycles. The molecule has 0 aliphatic carbocycles. The van der Waals surface area contributed by atoms with Gasteiger partial charge in [-0.25, -0.2) is 0 Å². The molecule has 0 aromatic heterocycles. The van der Waals surface area contributed by atoms with E-state index in [4.69, 9.17) is 5.11 Å². The van der Waals surface area contributed by atoms with E-state index >= 15 is 0 Å². The Morgan fingerprint density at radius 2 is 2.38 bits per heavy atom. The Labute approximate surface area is 109 Å². The number of carbonyl (C=O) groups is 2. The van der Waals surface area contributed by atoms with Crippen LogP contribution in [0.3, 0.4) is 0 Å². The Kier molecular flexibility index (Phi) is 4.29. The van der Waals surface area contributed by atoms with E-state index in [1.807, 2.05) is 11.8 Å². The first-order chi connectivity index (χ1) is 7.66. The molecule has 2 fully saturated rings. The van der Waals surface area contributed by atoms with Gasteiger partial charge >= 0.3 is 110 Å². The number of fused-ring (bicyclic) bond motifs is 1. The fourth-order valence-corrected chi connectivity index (χ4v) is 6.21. The zero-order valence-electron chi connectivity index (χ0n) is 8.94. The number of nitrogens with one attached hydrogen (secondary N) is 2. The van der Waals surface area contributed by atoms with Crippen LogP contribution in [0.2, 0.25) is 4.18 Å². The van der Waals surface area contributed by atoms with Crippen molar-refractivity contribution in [2.45, 2.75) is 34.4 Å². The van der Waals surface area contributed by atoms with Crippen molar-refractivity contribution in [3.8, 4) is 0 Å². The zero-order valence-corrected chi connectivity index (χ0v) is 13.8. The standard InChI is InChI=1S/C8H13N2OS.CHO2.In.H/c1-2-3-6-7-5(4-12-6)9-8(11)10-7;2-1-3;;/h5-7H,1-4H2,(H2,9,10,11);(H,2,3);;/t5-,6-,7-;;;/m0.../s1. The Hall–Kier alpha value is -0.0399. The van der Waals surface area contributed by atoms with Gasteiger partial charge in [-0.15, -0.1) is 0 Å². The SMILES string of the molecule is O=C1N[C@H]2[C@H](CS[C@H]2CC[CH2][InH][C](=O)O)N1. The first-order valence-electron chi connectivity index (χ1n) is 5.57. The van der Waals surface area contributed by atoms with Crippen LogP contribution in [0.1, 0.15) is 12.8 Å². The van der Waals surface area contributed by atoms with Gasteiger partial charge in [0.2, 0.25) is 0 Å². The third kappa shape index (κ3) is 3.00. The average molecular weight is 346 g/mol. The van der Waals surface area contributed by atoms with Crippen molar-refractivity contribution in [3.63, 3.8) is 0 Å². The molecule has 0 aromatic carbocycles. The molecule has 0 bridgehead atoms. The van der Waals surface area contributed by atoms with Gasteiger partial charge in [-0.2, -0.15) is 0 Å². The second-order valence-electron chi connectivity index (χ2n) is 4.26. The van der Waals surface area contributed by atoms with Crippen LogP contribution in [0, 0.1) is 0 Å². The zero-order chi connectivity index (χ0) is 11.5. The molecule has 5 nitrogen and oxygen atoms in total. The van der Waals surface area contributed by atoms with Gasteiger partial charge in [0.05, 0.1) is 0 Å². The van der Waals surface area contributed by atoms with Crippen molar-refractivity contribution in [3.05, 3.63) is 0 Å². The van der Waals surface area contributed by atoms with Gasteiger partial charge in [0.25, 0.3) is 0 Å². The Morgan fingerprint density at radius 1 is 1.56 bits per heavy atom. The van der Waals surface area contributed by atoms with Crippen LogP contribution in [-0.4, -0.2) is 60.9 Å². The van der Waals surface area contributed by atoms with Crippen LogP contribution in [0.4, 0.5) is 9.59 Å². The van der Waals surface area contributed by atoms with Crippen molar-refractivity contribution in [1.29, 1.82) is 0 Å². The first kappa shape index (κ1) is 12.4. The summed E-state index contributed by atoms with van der Waals surface area (Å²) in [7, 11) is 0. The van der Waals surface area contributed by atoms with Crippen LogP contribution >= 0.6 is 11.8 Å². The fourth-order valence-electron chi connectivity index (χ4n) is 2.26. The number of thioether (sulfide) groups is 1. The molecule has 0 spiro atoms. The molecule has 0 aromatic rings. The summed E-state index contributed by atoms with van der Waals surface area (Å²) < 4.78 is 0.418. The predicted molar refractivity (Wildman–Crippen MR) is 64.7 cm³/mol. The van der Waals surface area contributed by atoms with Gasteiger partial charge in [-0.3, -0.25) is 0 Å². The number of carbonyl (C=O) groups excluding carboxylic acids is 1. The van der Waals surface area contributed by atoms with Gasteiger partial charge in [0.15, 0.2) is 0 Å². The summed E-state index contributed by atoms with van der Waals surface area (Å²) in [6.45, 7) is 0. The number of carboxylic acid groups (broad SMARTS) is 1. The molecule has 0 saturated carbocycles. The number of hydrogen-bond acceptors (Lipinski definition) is 3. The molecule has 3 atom stereocenters. The average Bonchev–Trinajstić information content (AvgIpc) is 2.72. The van der Waals surface area contributed by atoms with Gasteiger partial charge in [0, 0.05) is 0 Å². The quantitative estimate of drug-likeness (QED) is 0.500. The van der Waals surface area contributed by atoms with E-state index in [9.17, 15) is 9.59 Å². The maximum atomic E-state index is 11.1. The van der Waals surface area contributed by atoms with Crippen molar-refractivity contribution in [2.75, 3.05) is 5.75 Å². The summed E-state index contributed by atoms with van der Waals surface area (Å²) in [4.78, 5) is 21.6. The monoisotopic (exact) mass is 346 g/mol. The minimum absolute atomic E-state index is 0.0509. The third-order valence-corrected chi connectivity index (χ3v) is 8.23. The maximum absolute atomic E-state index is 11.1. The second-order valence-corrected chi connectivity index (χ2v) is 10.7. The molecule has 2 aliphatic heterocycles. The third-order valence-electron chi connectivity index (χ3n) is 3.07. The molecule has 7 heteroatoms. The summed E-state index contributed by atoms with van der Waals surface area (Å²) in [6, 6.07) is 0.494. The molecule has 0 unspecified atom stereocenters. The Balaban J connectivity index is 1.70. The van der Waals surface area contributed by atoms with Gasteiger partial charge in [-0.1, -0.05) is 0 Å². The summed E-state index contributed by atoms with van der Waals surface area (Å²) in [6.07, 6.45) is 2.05. The summed E-state index contributed by atoms with van der Waals surface area (Å²) in [5.74, 6) is 0.982. The van der Waals surface area contributed by atoms with Crippen molar-refractivity contribution >= 4 is 44.4 Å². The molecular weight excluding hydrogens is 331 g/mol. The van der Waals surface area contributed by atoms with Gasteiger partial charge < -0.3 is 0 Å². The predicted octanol–water partition coefficient (Wildman–Crippen LogP) is 0.465. The van der Waals surface area contributed by atoms with Crippen LogP contribution in [0.15, 0.2) is 0 Å². The Bertz CT molecular complexity index is 302. The topological polar surface area (TPSA) is 78.4 Å². The first-order valence-corrected chi connectivity index (χ1v) is 11.5.